The number of methoxy groups -OCH3 is 1. The Morgan fingerprint density at radius 1 is 1.38 bits per heavy atom. The van der Waals surface area contributed by atoms with Crippen LogP contribution in [0.25, 0.3) is 0 Å². The molecule has 0 saturated carbocycles. The molecule has 5 nitrogen and oxygen atoms in total. The molecule has 1 aromatic carbocycles. The maximum Gasteiger partial charge on any atom is 0.320 e. The Morgan fingerprint density at radius 2 is 2.10 bits per heavy atom. The van der Waals surface area contributed by atoms with E-state index in [1.165, 1.54) is 0 Å². The summed E-state index contributed by atoms with van der Waals surface area (Å²) in [6, 6.07) is 5.26. The van der Waals surface area contributed by atoms with E-state index < -0.39 is 17.9 Å². The summed E-state index contributed by atoms with van der Waals surface area (Å²) in [4.78, 5) is 22.6. The number of hydrogen-bond donors (Lipinski definition) is 1. The Morgan fingerprint density at radius 3 is 2.67 bits per heavy atom. The molecule has 116 valence electrons. The van der Waals surface area contributed by atoms with Gasteiger partial charge in [-0.05, 0) is 49.9 Å². The standard InChI is InChI=1S/C15H19ClO5/c1-3-21-15(19)12(14(17)18)6-4-5-10-9-11(16)7-8-13(10)20-2/h7-9,12H,3-6H2,1-2H3,(H,17,18)/t12-/m0/s1. The molecule has 0 spiro atoms. The summed E-state index contributed by atoms with van der Waals surface area (Å²) in [6.45, 7) is 1.82. The highest BCUT2D eigenvalue weighted by Gasteiger charge is 2.27. The van der Waals surface area contributed by atoms with Gasteiger partial charge in [0.25, 0.3) is 0 Å². The lowest BCUT2D eigenvalue weighted by Gasteiger charge is -2.12. The summed E-state index contributed by atoms with van der Waals surface area (Å²) in [5.41, 5.74) is 0.887. The van der Waals surface area contributed by atoms with E-state index >= 15 is 0 Å². The molecule has 1 aromatic rings. The van der Waals surface area contributed by atoms with E-state index in [9.17, 15) is 9.59 Å². The zero-order valence-corrected chi connectivity index (χ0v) is 12.9. The largest absolute Gasteiger partial charge is 0.496 e. The normalized spacial score (nSPS) is 11.8. The predicted molar refractivity (Wildman–Crippen MR) is 78.7 cm³/mol. The van der Waals surface area contributed by atoms with Crippen molar-refractivity contribution in [3.05, 3.63) is 28.8 Å². The van der Waals surface area contributed by atoms with Crippen molar-refractivity contribution in [1.82, 2.24) is 0 Å². The quantitative estimate of drug-likeness (QED) is 0.590. The molecular formula is C15H19ClO5. The maximum absolute atomic E-state index is 11.6. The van der Waals surface area contributed by atoms with Gasteiger partial charge in [0.2, 0.25) is 0 Å². The SMILES string of the molecule is CCOC(=O)[C@@H](CCCc1cc(Cl)ccc1OC)C(=O)O. The van der Waals surface area contributed by atoms with E-state index in [4.69, 9.17) is 26.2 Å². The van der Waals surface area contributed by atoms with Crippen LogP contribution in [0, 0.1) is 5.92 Å². The molecule has 0 aliphatic rings. The van der Waals surface area contributed by atoms with Crippen LogP contribution in [0.1, 0.15) is 25.3 Å². The minimum atomic E-state index is -1.16. The lowest BCUT2D eigenvalue weighted by Crippen LogP contribution is -2.26. The summed E-state index contributed by atoms with van der Waals surface area (Å²) < 4.78 is 9.99. The zero-order chi connectivity index (χ0) is 15.8. The van der Waals surface area contributed by atoms with Gasteiger partial charge in [0.05, 0.1) is 13.7 Å². The first-order valence-electron chi connectivity index (χ1n) is 6.71. The third-order valence-corrected chi connectivity index (χ3v) is 3.29. The number of aryl methyl sites for hydroxylation is 1. The Balaban J connectivity index is 2.64. The Bertz CT molecular complexity index is 501. The van der Waals surface area contributed by atoms with Crippen molar-refractivity contribution in [2.45, 2.75) is 26.2 Å². The number of esters is 1. The number of carboxylic acids is 1. The van der Waals surface area contributed by atoms with E-state index in [-0.39, 0.29) is 13.0 Å². The molecule has 0 radical (unpaired) electrons. The second-order valence-electron chi connectivity index (χ2n) is 4.49. The van der Waals surface area contributed by atoms with Crippen molar-refractivity contribution in [2.75, 3.05) is 13.7 Å². The van der Waals surface area contributed by atoms with Crippen LogP contribution in [0.4, 0.5) is 0 Å². The fraction of sp³-hybridized carbons (Fsp3) is 0.467. The van der Waals surface area contributed by atoms with Gasteiger partial charge in [0.1, 0.15) is 5.75 Å². The van der Waals surface area contributed by atoms with Crippen molar-refractivity contribution < 1.29 is 24.2 Å². The summed E-state index contributed by atoms with van der Waals surface area (Å²) >= 11 is 5.93. The van der Waals surface area contributed by atoms with Crippen LogP contribution in [-0.2, 0) is 20.7 Å². The molecule has 1 N–H and O–H groups in total. The van der Waals surface area contributed by atoms with Crippen molar-refractivity contribution in [3.8, 4) is 5.75 Å². The van der Waals surface area contributed by atoms with Gasteiger partial charge in [-0.25, -0.2) is 0 Å². The number of halogens is 1. The van der Waals surface area contributed by atoms with Gasteiger partial charge in [-0.1, -0.05) is 11.6 Å². The number of ether oxygens (including phenoxy) is 2. The molecule has 0 aliphatic heterocycles. The van der Waals surface area contributed by atoms with E-state index in [1.807, 2.05) is 0 Å². The van der Waals surface area contributed by atoms with Gasteiger partial charge >= 0.3 is 11.9 Å². The zero-order valence-electron chi connectivity index (χ0n) is 12.1. The van der Waals surface area contributed by atoms with Crippen molar-refractivity contribution in [2.24, 2.45) is 5.92 Å². The summed E-state index contributed by atoms with van der Waals surface area (Å²) in [5, 5.41) is 9.65. The van der Waals surface area contributed by atoms with Crippen LogP contribution < -0.4 is 4.74 Å². The Labute approximate surface area is 128 Å². The van der Waals surface area contributed by atoms with Crippen molar-refractivity contribution in [3.63, 3.8) is 0 Å². The van der Waals surface area contributed by atoms with Gasteiger partial charge in [0, 0.05) is 5.02 Å². The number of carbonyl (C=O) groups excluding carboxylic acids is 1. The number of carboxylic acid groups (broad SMARTS) is 1. The van der Waals surface area contributed by atoms with E-state index in [0.717, 1.165) is 5.56 Å². The molecule has 0 fully saturated rings. The van der Waals surface area contributed by atoms with Crippen LogP contribution >= 0.6 is 11.6 Å². The summed E-state index contributed by atoms with van der Waals surface area (Å²) in [6.07, 6.45) is 1.31. The molecule has 1 rings (SSSR count). The predicted octanol–water partition coefficient (Wildman–Crippen LogP) is 2.94. The minimum Gasteiger partial charge on any atom is -0.496 e. The third-order valence-electron chi connectivity index (χ3n) is 3.05. The maximum atomic E-state index is 11.6. The van der Waals surface area contributed by atoms with Crippen LogP contribution in [0.2, 0.25) is 5.02 Å². The molecule has 0 aliphatic carbocycles. The van der Waals surface area contributed by atoms with Gasteiger partial charge < -0.3 is 14.6 Å². The van der Waals surface area contributed by atoms with Crippen molar-refractivity contribution >= 4 is 23.5 Å². The highest BCUT2D eigenvalue weighted by atomic mass is 35.5. The molecule has 0 saturated heterocycles. The Hall–Kier alpha value is -1.75. The fourth-order valence-electron chi connectivity index (χ4n) is 2.02. The second kappa shape index (κ2) is 8.52. The topological polar surface area (TPSA) is 72.8 Å². The fourth-order valence-corrected chi connectivity index (χ4v) is 2.22. The molecule has 0 amide bonds. The molecule has 0 unspecified atom stereocenters. The highest BCUT2D eigenvalue weighted by Crippen LogP contribution is 2.25. The smallest absolute Gasteiger partial charge is 0.320 e. The van der Waals surface area contributed by atoms with Crippen molar-refractivity contribution in [1.29, 1.82) is 0 Å². The molecule has 1 atom stereocenters. The van der Waals surface area contributed by atoms with E-state index in [0.29, 0.717) is 23.6 Å². The lowest BCUT2D eigenvalue weighted by atomic mass is 9.99. The number of aliphatic carboxylic acids is 1. The van der Waals surface area contributed by atoms with Crippen LogP contribution in [-0.4, -0.2) is 30.8 Å². The van der Waals surface area contributed by atoms with Gasteiger partial charge in [-0.15, -0.1) is 0 Å². The molecule has 0 heterocycles. The molecule has 6 heteroatoms. The molecule has 21 heavy (non-hydrogen) atoms. The van der Waals surface area contributed by atoms with Gasteiger partial charge in [0.15, 0.2) is 5.92 Å². The highest BCUT2D eigenvalue weighted by molar-refractivity contribution is 6.30. The van der Waals surface area contributed by atoms with Crippen LogP contribution in [0.5, 0.6) is 5.75 Å². The van der Waals surface area contributed by atoms with E-state index in [2.05, 4.69) is 0 Å². The summed E-state index contributed by atoms with van der Waals surface area (Å²) in [5.74, 6) is -2.29. The number of benzene rings is 1. The monoisotopic (exact) mass is 314 g/mol. The second-order valence-corrected chi connectivity index (χ2v) is 4.93. The molecule has 0 bridgehead atoms. The van der Waals surface area contributed by atoms with Gasteiger partial charge in [-0.2, -0.15) is 0 Å². The molecular weight excluding hydrogens is 296 g/mol. The average Bonchev–Trinajstić information content (AvgIpc) is 2.43. The first-order chi connectivity index (χ1) is 9.99. The number of hydrogen-bond acceptors (Lipinski definition) is 4. The summed E-state index contributed by atoms with van der Waals surface area (Å²) in [7, 11) is 1.56. The van der Waals surface area contributed by atoms with E-state index in [1.54, 1.807) is 32.2 Å². The minimum absolute atomic E-state index is 0.171. The number of carbonyl (C=O) groups is 2. The average molecular weight is 315 g/mol. The third kappa shape index (κ3) is 5.27. The van der Waals surface area contributed by atoms with Crippen LogP contribution in [0.3, 0.4) is 0 Å². The Kier molecular flexibility index (Phi) is 7.02. The first kappa shape index (κ1) is 17.3. The molecule has 0 aromatic heterocycles. The number of rotatable bonds is 8. The lowest BCUT2D eigenvalue weighted by molar-refractivity contribution is -0.158. The van der Waals surface area contributed by atoms with Crippen LogP contribution in [0.15, 0.2) is 18.2 Å². The van der Waals surface area contributed by atoms with Gasteiger partial charge in [-0.3, -0.25) is 9.59 Å². The first-order valence-corrected chi connectivity index (χ1v) is 7.09.